The predicted octanol–water partition coefficient (Wildman–Crippen LogP) is 1.32. The molecule has 1 fully saturated rings. The Hall–Kier alpha value is -2.09. The van der Waals surface area contributed by atoms with Gasteiger partial charge in [0.25, 0.3) is 5.92 Å². The van der Waals surface area contributed by atoms with Crippen molar-refractivity contribution in [2.45, 2.75) is 12.0 Å². The van der Waals surface area contributed by atoms with Crippen molar-refractivity contribution in [3.8, 4) is 5.75 Å². The number of nitrogens with one attached hydrogen (secondary N) is 1. The number of urea groups is 1. The second-order valence-corrected chi connectivity index (χ2v) is 4.93. The lowest BCUT2D eigenvalue weighted by molar-refractivity contribution is -0.0509. The number of phenols is 1. The topological polar surface area (TPSA) is 87.8 Å². The highest BCUT2D eigenvalue weighted by Gasteiger charge is 2.42. The molecular weight excluding hydrogens is 284 g/mol. The van der Waals surface area contributed by atoms with Crippen molar-refractivity contribution in [1.82, 2.24) is 10.2 Å². The number of hydrogen-bond acceptors (Lipinski definition) is 4. The fourth-order valence-electron chi connectivity index (χ4n) is 2.24. The van der Waals surface area contributed by atoms with E-state index in [0.29, 0.717) is 5.56 Å². The van der Waals surface area contributed by atoms with Crippen LogP contribution in [0, 0.1) is 0 Å². The summed E-state index contributed by atoms with van der Waals surface area (Å²) < 4.78 is 32.1. The number of nitrogens with two attached hydrogens (primary N) is 1. The van der Waals surface area contributed by atoms with Crippen molar-refractivity contribution in [1.29, 1.82) is 0 Å². The average Bonchev–Trinajstić information content (AvgIpc) is 2.42. The zero-order chi connectivity index (χ0) is 15.6. The molecule has 1 aliphatic rings. The number of nitrogen functional groups attached to an aromatic ring is 1. The number of ether oxygens (including phenoxy) is 1. The summed E-state index contributed by atoms with van der Waals surface area (Å²) in [5, 5.41) is 11.6. The molecule has 8 heteroatoms. The molecule has 6 nitrogen and oxygen atoms in total. The first-order valence-corrected chi connectivity index (χ1v) is 6.33. The van der Waals surface area contributed by atoms with Crippen molar-refractivity contribution in [3.63, 3.8) is 0 Å². The number of phenolic OH excluding ortho intramolecular Hbond substituents is 1. The molecule has 2 rings (SSSR count). The van der Waals surface area contributed by atoms with Crippen LogP contribution in [0.4, 0.5) is 19.3 Å². The van der Waals surface area contributed by atoms with E-state index in [2.05, 4.69) is 5.32 Å². The van der Waals surface area contributed by atoms with Gasteiger partial charge in [0, 0.05) is 7.11 Å². The number of alkyl halides is 2. The summed E-state index contributed by atoms with van der Waals surface area (Å²) in [4.78, 5) is 12.9. The van der Waals surface area contributed by atoms with Crippen LogP contribution in [0.25, 0.3) is 0 Å². The highest BCUT2D eigenvalue weighted by atomic mass is 19.3. The Morgan fingerprint density at radius 1 is 1.57 bits per heavy atom. The minimum absolute atomic E-state index is 0.0354. The van der Waals surface area contributed by atoms with Gasteiger partial charge in [-0.2, -0.15) is 0 Å². The molecular formula is C13H17F2N3O3. The Balaban J connectivity index is 2.32. The molecule has 21 heavy (non-hydrogen) atoms. The molecule has 1 aromatic rings. The SMILES string of the molecule is COCC(c1ccc(O)c(N)c1)N1CC(F)(F)CNC1=O. The van der Waals surface area contributed by atoms with Crippen molar-refractivity contribution in [3.05, 3.63) is 23.8 Å². The lowest BCUT2D eigenvalue weighted by Gasteiger charge is -2.38. The van der Waals surface area contributed by atoms with E-state index in [1.54, 1.807) is 0 Å². The predicted molar refractivity (Wildman–Crippen MR) is 72.2 cm³/mol. The van der Waals surface area contributed by atoms with Crippen LogP contribution in [-0.2, 0) is 4.74 Å². The largest absolute Gasteiger partial charge is 0.506 e. The summed E-state index contributed by atoms with van der Waals surface area (Å²) in [6, 6.07) is 3.01. The number of halogens is 2. The lowest BCUT2D eigenvalue weighted by atomic mass is 10.0. The highest BCUT2D eigenvalue weighted by Crippen LogP contribution is 2.31. The molecule has 1 heterocycles. The van der Waals surface area contributed by atoms with E-state index in [9.17, 15) is 18.7 Å². The molecule has 0 bridgehead atoms. The molecule has 0 aliphatic carbocycles. The Labute approximate surface area is 120 Å². The number of amides is 2. The number of benzene rings is 1. The summed E-state index contributed by atoms with van der Waals surface area (Å²) in [6.45, 7) is -1.35. The summed E-state index contributed by atoms with van der Waals surface area (Å²) in [5.74, 6) is -3.12. The highest BCUT2D eigenvalue weighted by molar-refractivity contribution is 5.76. The van der Waals surface area contributed by atoms with E-state index in [1.807, 2.05) is 0 Å². The summed E-state index contributed by atoms with van der Waals surface area (Å²) in [6.07, 6.45) is 0. The van der Waals surface area contributed by atoms with Crippen LogP contribution in [-0.4, -0.2) is 48.8 Å². The number of nitrogens with zero attached hydrogens (tertiary/aromatic N) is 1. The Kier molecular flexibility index (Phi) is 4.17. The van der Waals surface area contributed by atoms with Crippen LogP contribution < -0.4 is 11.1 Å². The van der Waals surface area contributed by atoms with Gasteiger partial charge < -0.3 is 25.8 Å². The van der Waals surface area contributed by atoms with Crippen molar-refractivity contribution in [2.24, 2.45) is 0 Å². The number of aromatic hydroxyl groups is 1. The van der Waals surface area contributed by atoms with E-state index in [0.717, 1.165) is 4.90 Å². The van der Waals surface area contributed by atoms with E-state index in [-0.39, 0.29) is 18.0 Å². The number of hydrogen-bond donors (Lipinski definition) is 3. The van der Waals surface area contributed by atoms with Gasteiger partial charge in [-0.3, -0.25) is 0 Å². The Morgan fingerprint density at radius 2 is 2.29 bits per heavy atom. The van der Waals surface area contributed by atoms with Crippen LogP contribution >= 0.6 is 0 Å². The molecule has 0 saturated carbocycles. The second-order valence-electron chi connectivity index (χ2n) is 4.93. The number of carbonyl (C=O) groups excluding carboxylic acids is 1. The van der Waals surface area contributed by atoms with Crippen molar-refractivity contribution in [2.75, 3.05) is 32.5 Å². The van der Waals surface area contributed by atoms with Crippen molar-refractivity contribution >= 4 is 11.7 Å². The molecule has 1 aromatic carbocycles. The Bertz CT molecular complexity index is 539. The minimum atomic E-state index is -3.01. The molecule has 1 saturated heterocycles. The normalized spacial score (nSPS) is 19.2. The van der Waals surface area contributed by atoms with Crippen LogP contribution in [0.5, 0.6) is 5.75 Å². The van der Waals surface area contributed by atoms with Gasteiger partial charge in [-0.05, 0) is 17.7 Å². The third-order valence-electron chi connectivity index (χ3n) is 3.30. The van der Waals surface area contributed by atoms with Gasteiger partial charge in [0.15, 0.2) is 0 Å². The van der Waals surface area contributed by atoms with E-state index in [4.69, 9.17) is 10.5 Å². The van der Waals surface area contributed by atoms with Crippen LogP contribution in [0.15, 0.2) is 18.2 Å². The summed E-state index contributed by atoms with van der Waals surface area (Å²) in [5.41, 5.74) is 6.24. The number of methoxy groups -OCH3 is 1. The standard InChI is InChI=1S/C13H17F2N3O3/c1-21-5-10(8-2-3-11(19)9(16)4-8)18-7-13(14,15)6-17-12(18)20/h2-4,10,19H,5-7,16H2,1H3,(H,17,20). The van der Waals surface area contributed by atoms with Gasteiger partial charge >= 0.3 is 6.03 Å². The van der Waals surface area contributed by atoms with Crippen LogP contribution in [0.1, 0.15) is 11.6 Å². The zero-order valence-corrected chi connectivity index (χ0v) is 11.5. The number of anilines is 1. The van der Waals surface area contributed by atoms with Gasteiger partial charge in [0.2, 0.25) is 0 Å². The van der Waals surface area contributed by atoms with Gasteiger partial charge in [-0.15, -0.1) is 0 Å². The Morgan fingerprint density at radius 3 is 2.90 bits per heavy atom. The molecule has 116 valence electrons. The molecule has 4 N–H and O–H groups in total. The quantitative estimate of drug-likeness (QED) is 0.578. The van der Waals surface area contributed by atoms with Gasteiger partial charge in [0.05, 0.1) is 31.4 Å². The minimum Gasteiger partial charge on any atom is -0.506 e. The average molecular weight is 301 g/mol. The molecule has 0 aromatic heterocycles. The first kappa shape index (κ1) is 15.3. The molecule has 0 radical (unpaired) electrons. The maximum atomic E-state index is 13.5. The summed E-state index contributed by atoms with van der Waals surface area (Å²) in [7, 11) is 1.41. The molecule has 1 aliphatic heterocycles. The number of rotatable bonds is 4. The zero-order valence-electron chi connectivity index (χ0n) is 11.5. The fourth-order valence-corrected chi connectivity index (χ4v) is 2.24. The smallest absolute Gasteiger partial charge is 0.318 e. The molecule has 1 atom stereocenters. The van der Waals surface area contributed by atoms with E-state index in [1.165, 1.54) is 25.3 Å². The van der Waals surface area contributed by atoms with E-state index < -0.39 is 31.1 Å². The first-order valence-electron chi connectivity index (χ1n) is 6.33. The molecule has 0 spiro atoms. The fraction of sp³-hybridized carbons (Fsp3) is 0.462. The maximum absolute atomic E-state index is 13.5. The van der Waals surface area contributed by atoms with Crippen molar-refractivity contribution < 1.29 is 23.4 Å². The van der Waals surface area contributed by atoms with E-state index >= 15 is 0 Å². The second kappa shape index (κ2) is 5.72. The third kappa shape index (κ3) is 3.33. The summed E-state index contributed by atoms with van der Waals surface area (Å²) >= 11 is 0. The molecule has 2 amide bonds. The number of carbonyl (C=O) groups is 1. The maximum Gasteiger partial charge on any atom is 0.318 e. The first-order chi connectivity index (χ1) is 9.84. The monoisotopic (exact) mass is 301 g/mol. The van der Waals surface area contributed by atoms with Crippen LogP contribution in [0.2, 0.25) is 0 Å². The van der Waals surface area contributed by atoms with Gasteiger partial charge in [-0.25, -0.2) is 13.6 Å². The third-order valence-corrected chi connectivity index (χ3v) is 3.30. The van der Waals surface area contributed by atoms with Gasteiger partial charge in [0.1, 0.15) is 5.75 Å². The lowest BCUT2D eigenvalue weighted by Crippen LogP contribution is -2.58. The van der Waals surface area contributed by atoms with Crippen LogP contribution in [0.3, 0.4) is 0 Å². The van der Waals surface area contributed by atoms with Gasteiger partial charge in [-0.1, -0.05) is 6.07 Å². The molecule has 1 unspecified atom stereocenters.